The molecule has 0 amide bonds. The van der Waals surface area contributed by atoms with Crippen LogP contribution in [0.1, 0.15) is 18.4 Å². The Kier molecular flexibility index (Phi) is 4.29. The minimum Gasteiger partial charge on any atom is -0.494 e. The molecule has 2 fully saturated rings. The van der Waals surface area contributed by atoms with E-state index in [-0.39, 0.29) is 24.5 Å². The van der Waals surface area contributed by atoms with Gasteiger partial charge in [-0.25, -0.2) is 0 Å². The highest BCUT2D eigenvalue weighted by molar-refractivity contribution is 5.34. The van der Waals surface area contributed by atoms with Crippen LogP contribution in [0.5, 0.6) is 5.75 Å². The van der Waals surface area contributed by atoms with Gasteiger partial charge in [0.05, 0.1) is 32.0 Å². The maximum Gasteiger partial charge on any atom is 0.389 e. The van der Waals surface area contributed by atoms with Crippen molar-refractivity contribution in [3.8, 4) is 5.75 Å². The Morgan fingerprint density at radius 2 is 2.00 bits per heavy atom. The molecule has 2 aliphatic rings. The first kappa shape index (κ1) is 15.6. The standard InChI is InChI=1S/C15H18F3NO3/c16-15(17,18)6-1-7-21-13-4-2-11(3-5-13)14-10-20-8-12(14)9-22-19-14/h2-5,12,19H,1,6-10H2. The minimum atomic E-state index is -4.13. The van der Waals surface area contributed by atoms with Crippen molar-refractivity contribution in [3.05, 3.63) is 29.8 Å². The highest BCUT2D eigenvalue weighted by Gasteiger charge is 2.50. The summed E-state index contributed by atoms with van der Waals surface area (Å²) >= 11 is 0. The molecular formula is C15H18F3NO3. The second kappa shape index (κ2) is 6.06. The van der Waals surface area contributed by atoms with Crippen molar-refractivity contribution >= 4 is 0 Å². The van der Waals surface area contributed by atoms with E-state index in [9.17, 15) is 13.2 Å². The van der Waals surface area contributed by atoms with Gasteiger partial charge in [-0.15, -0.1) is 0 Å². The lowest BCUT2D eigenvalue weighted by Crippen LogP contribution is -2.41. The fraction of sp³-hybridized carbons (Fsp3) is 0.600. The topological polar surface area (TPSA) is 39.7 Å². The van der Waals surface area contributed by atoms with Crippen LogP contribution in [0.25, 0.3) is 0 Å². The van der Waals surface area contributed by atoms with E-state index in [1.54, 1.807) is 12.1 Å². The first-order chi connectivity index (χ1) is 10.5. The van der Waals surface area contributed by atoms with E-state index < -0.39 is 12.6 Å². The molecule has 2 aliphatic heterocycles. The third-order valence-corrected chi connectivity index (χ3v) is 4.13. The van der Waals surface area contributed by atoms with Crippen LogP contribution in [-0.2, 0) is 15.1 Å². The number of hydroxylamine groups is 1. The number of nitrogens with one attached hydrogen (secondary N) is 1. The second-order valence-corrected chi connectivity index (χ2v) is 5.69. The summed E-state index contributed by atoms with van der Waals surface area (Å²) in [6.07, 6.45) is -4.99. The molecule has 3 rings (SSSR count). The zero-order valence-electron chi connectivity index (χ0n) is 12.0. The average Bonchev–Trinajstić information content (AvgIpc) is 3.03. The van der Waals surface area contributed by atoms with Crippen LogP contribution < -0.4 is 10.2 Å². The Morgan fingerprint density at radius 1 is 1.23 bits per heavy atom. The smallest absolute Gasteiger partial charge is 0.389 e. The van der Waals surface area contributed by atoms with E-state index in [1.807, 2.05) is 12.1 Å². The van der Waals surface area contributed by atoms with Crippen LogP contribution in [0, 0.1) is 5.92 Å². The first-order valence-corrected chi connectivity index (χ1v) is 7.26. The molecule has 0 aliphatic carbocycles. The van der Waals surface area contributed by atoms with E-state index in [1.165, 1.54) is 0 Å². The van der Waals surface area contributed by atoms with Gasteiger partial charge >= 0.3 is 6.18 Å². The number of fused-ring (bicyclic) bond motifs is 1. The number of rotatable bonds is 5. The molecule has 0 spiro atoms. The molecule has 7 heteroatoms. The van der Waals surface area contributed by atoms with Gasteiger partial charge in [-0.2, -0.15) is 18.7 Å². The van der Waals surface area contributed by atoms with Crippen molar-refractivity contribution < 1.29 is 27.5 Å². The molecule has 4 nitrogen and oxygen atoms in total. The van der Waals surface area contributed by atoms with Crippen LogP contribution in [0.3, 0.4) is 0 Å². The SMILES string of the molecule is FC(F)(F)CCCOc1ccc(C23COCC2CON3)cc1. The predicted octanol–water partition coefficient (Wildman–Crippen LogP) is 2.78. The molecule has 2 atom stereocenters. The third kappa shape index (κ3) is 3.21. The van der Waals surface area contributed by atoms with E-state index in [4.69, 9.17) is 14.3 Å². The molecule has 2 saturated heterocycles. The summed E-state index contributed by atoms with van der Waals surface area (Å²) in [4.78, 5) is 5.34. The first-order valence-electron chi connectivity index (χ1n) is 7.26. The van der Waals surface area contributed by atoms with Crippen molar-refractivity contribution in [1.29, 1.82) is 0 Å². The van der Waals surface area contributed by atoms with E-state index >= 15 is 0 Å². The minimum absolute atomic E-state index is 0.0412. The summed E-state index contributed by atoms with van der Waals surface area (Å²) in [5.74, 6) is 0.836. The van der Waals surface area contributed by atoms with Gasteiger partial charge in [-0.3, -0.25) is 0 Å². The van der Waals surface area contributed by atoms with Crippen LogP contribution in [-0.4, -0.2) is 32.6 Å². The zero-order chi connectivity index (χ0) is 15.6. The lowest BCUT2D eigenvalue weighted by Gasteiger charge is -2.26. The fourth-order valence-electron chi connectivity index (χ4n) is 2.89. The number of alkyl halides is 3. The Hall–Kier alpha value is -1.31. The summed E-state index contributed by atoms with van der Waals surface area (Å²) in [5, 5.41) is 0. The lowest BCUT2D eigenvalue weighted by atomic mass is 9.82. The van der Waals surface area contributed by atoms with Crippen molar-refractivity contribution in [1.82, 2.24) is 5.48 Å². The van der Waals surface area contributed by atoms with E-state index in [0.29, 0.717) is 25.6 Å². The number of ether oxygens (including phenoxy) is 2. The summed E-state index contributed by atoms with van der Waals surface area (Å²) in [6, 6.07) is 7.35. The molecule has 2 heterocycles. The molecule has 0 bridgehead atoms. The number of halogens is 3. The van der Waals surface area contributed by atoms with Crippen LogP contribution in [0.2, 0.25) is 0 Å². The van der Waals surface area contributed by atoms with Gasteiger partial charge in [0, 0.05) is 12.3 Å². The van der Waals surface area contributed by atoms with Crippen molar-refractivity contribution in [2.45, 2.75) is 24.6 Å². The highest BCUT2D eigenvalue weighted by atomic mass is 19.4. The largest absolute Gasteiger partial charge is 0.494 e. The normalized spacial score (nSPS) is 27.9. The van der Waals surface area contributed by atoms with E-state index in [0.717, 1.165) is 5.56 Å². The number of hydrogen-bond donors (Lipinski definition) is 1. The molecule has 0 saturated carbocycles. The number of hydrogen-bond acceptors (Lipinski definition) is 4. The Balaban J connectivity index is 1.57. The molecular weight excluding hydrogens is 299 g/mol. The van der Waals surface area contributed by atoms with Gasteiger partial charge in [0.2, 0.25) is 0 Å². The Labute approximate surface area is 126 Å². The third-order valence-electron chi connectivity index (χ3n) is 4.13. The zero-order valence-corrected chi connectivity index (χ0v) is 12.0. The number of benzene rings is 1. The van der Waals surface area contributed by atoms with Gasteiger partial charge < -0.3 is 14.3 Å². The lowest BCUT2D eigenvalue weighted by molar-refractivity contribution is -0.136. The summed E-state index contributed by atoms with van der Waals surface area (Å²) in [6.45, 7) is 1.86. The van der Waals surface area contributed by atoms with E-state index in [2.05, 4.69) is 5.48 Å². The van der Waals surface area contributed by atoms with Crippen LogP contribution >= 0.6 is 0 Å². The van der Waals surface area contributed by atoms with Gasteiger partial charge in [0.1, 0.15) is 5.75 Å². The second-order valence-electron chi connectivity index (χ2n) is 5.69. The quantitative estimate of drug-likeness (QED) is 0.848. The maximum atomic E-state index is 12.0. The van der Waals surface area contributed by atoms with Gasteiger partial charge in [0.25, 0.3) is 0 Å². The van der Waals surface area contributed by atoms with Crippen molar-refractivity contribution in [2.24, 2.45) is 5.92 Å². The molecule has 22 heavy (non-hydrogen) atoms. The molecule has 122 valence electrons. The maximum absolute atomic E-state index is 12.0. The monoisotopic (exact) mass is 317 g/mol. The summed E-state index contributed by atoms with van der Waals surface area (Å²) < 4.78 is 47.0. The molecule has 1 aromatic rings. The van der Waals surface area contributed by atoms with Crippen LogP contribution in [0.4, 0.5) is 13.2 Å². The molecule has 0 aromatic heterocycles. The van der Waals surface area contributed by atoms with Crippen molar-refractivity contribution in [2.75, 3.05) is 26.4 Å². The summed E-state index contributed by atoms with van der Waals surface area (Å²) in [5.41, 5.74) is 3.76. The van der Waals surface area contributed by atoms with Gasteiger partial charge in [0.15, 0.2) is 0 Å². The molecule has 0 radical (unpaired) electrons. The van der Waals surface area contributed by atoms with Gasteiger partial charge in [-0.05, 0) is 24.1 Å². The molecule has 1 N–H and O–H groups in total. The molecule has 2 unspecified atom stereocenters. The highest BCUT2D eigenvalue weighted by Crippen LogP contribution is 2.39. The molecule has 1 aromatic carbocycles. The van der Waals surface area contributed by atoms with Crippen LogP contribution in [0.15, 0.2) is 24.3 Å². The fourth-order valence-corrected chi connectivity index (χ4v) is 2.89. The Bertz CT molecular complexity index is 494. The van der Waals surface area contributed by atoms with Crippen molar-refractivity contribution in [3.63, 3.8) is 0 Å². The predicted molar refractivity (Wildman–Crippen MR) is 72.3 cm³/mol. The Morgan fingerprint density at radius 3 is 2.73 bits per heavy atom. The average molecular weight is 317 g/mol. The van der Waals surface area contributed by atoms with Gasteiger partial charge in [-0.1, -0.05) is 12.1 Å². The summed E-state index contributed by atoms with van der Waals surface area (Å²) in [7, 11) is 0.